The Morgan fingerprint density at radius 2 is 2.04 bits per heavy atom. The first-order valence-electron chi connectivity index (χ1n) is 8.88. The van der Waals surface area contributed by atoms with Gasteiger partial charge in [0.2, 0.25) is 0 Å². The highest BCUT2D eigenvalue weighted by Crippen LogP contribution is 2.24. The van der Waals surface area contributed by atoms with Gasteiger partial charge in [0, 0.05) is 42.5 Å². The molecule has 0 radical (unpaired) electrons. The Labute approximate surface area is 147 Å². The molecule has 128 valence electrons. The van der Waals surface area contributed by atoms with Crippen molar-refractivity contribution in [2.45, 2.75) is 25.4 Å². The zero-order valence-electron chi connectivity index (χ0n) is 14.4. The van der Waals surface area contributed by atoms with Crippen molar-refractivity contribution < 1.29 is 4.79 Å². The summed E-state index contributed by atoms with van der Waals surface area (Å²) >= 11 is 0. The van der Waals surface area contributed by atoms with E-state index in [0.29, 0.717) is 11.6 Å². The number of hydrogen-bond donors (Lipinski definition) is 2. The quantitative estimate of drug-likeness (QED) is 0.764. The van der Waals surface area contributed by atoms with Gasteiger partial charge >= 0.3 is 0 Å². The molecule has 0 aliphatic carbocycles. The minimum atomic E-state index is 0.00992. The van der Waals surface area contributed by atoms with E-state index in [9.17, 15) is 4.79 Å². The summed E-state index contributed by atoms with van der Waals surface area (Å²) in [4.78, 5) is 18.2. The smallest absolute Gasteiger partial charge is 0.251 e. The average Bonchev–Trinajstić information content (AvgIpc) is 3.30. The second-order valence-corrected chi connectivity index (χ2v) is 6.82. The number of benzene rings is 2. The Morgan fingerprint density at radius 3 is 2.88 bits per heavy atom. The number of rotatable bonds is 4. The van der Waals surface area contributed by atoms with Crippen molar-refractivity contribution in [3.8, 4) is 0 Å². The predicted octanol–water partition coefficient (Wildman–Crippen LogP) is 3.73. The molecular weight excluding hydrogens is 310 g/mol. The SMILES string of the molecule is C[C@@H](c1ccccc1)N1CC[C@@H](NC(=O)c2ccc3cc[nH]c3c2)C1. The minimum Gasteiger partial charge on any atom is -0.361 e. The molecule has 2 heterocycles. The van der Waals surface area contributed by atoms with Crippen LogP contribution in [-0.4, -0.2) is 34.9 Å². The molecule has 1 amide bonds. The summed E-state index contributed by atoms with van der Waals surface area (Å²) in [5.74, 6) is 0.00992. The van der Waals surface area contributed by atoms with E-state index in [-0.39, 0.29) is 11.9 Å². The van der Waals surface area contributed by atoms with Crippen molar-refractivity contribution in [3.63, 3.8) is 0 Å². The lowest BCUT2D eigenvalue weighted by molar-refractivity contribution is 0.0936. The molecule has 1 aliphatic rings. The van der Waals surface area contributed by atoms with E-state index in [1.165, 1.54) is 5.56 Å². The van der Waals surface area contributed by atoms with Gasteiger partial charge in [-0.25, -0.2) is 0 Å². The Bertz CT molecular complexity index is 871. The van der Waals surface area contributed by atoms with Gasteiger partial charge in [0.1, 0.15) is 0 Å². The zero-order valence-corrected chi connectivity index (χ0v) is 14.4. The molecule has 2 aromatic carbocycles. The van der Waals surface area contributed by atoms with Gasteiger partial charge in [-0.1, -0.05) is 36.4 Å². The third-order valence-electron chi connectivity index (χ3n) is 5.20. The summed E-state index contributed by atoms with van der Waals surface area (Å²) in [7, 11) is 0. The molecule has 1 aromatic heterocycles. The van der Waals surface area contributed by atoms with Crippen LogP contribution in [0.2, 0.25) is 0 Å². The fourth-order valence-electron chi connectivity index (χ4n) is 3.66. The lowest BCUT2D eigenvalue weighted by Crippen LogP contribution is -2.37. The van der Waals surface area contributed by atoms with E-state index >= 15 is 0 Å². The molecule has 4 rings (SSSR count). The van der Waals surface area contributed by atoms with E-state index in [0.717, 1.165) is 30.4 Å². The van der Waals surface area contributed by atoms with Gasteiger partial charge in [0.15, 0.2) is 0 Å². The minimum absolute atomic E-state index is 0.00992. The highest BCUT2D eigenvalue weighted by Gasteiger charge is 2.27. The van der Waals surface area contributed by atoms with Crippen molar-refractivity contribution >= 4 is 16.8 Å². The largest absolute Gasteiger partial charge is 0.361 e. The molecule has 25 heavy (non-hydrogen) atoms. The topological polar surface area (TPSA) is 48.1 Å². The van der Waals surface area contributed by atoms with Gasteiger partial charge in [0.25, 0.3) is 5.91 Å². The van der Waals surface area contributed by atoms with Crippen LogP contribution in [0.25, 0.3) is 10.9 Å². The van der Waals surface area contributed by atoms with Crippen LogP contribution in [0.1, 0.15) is 35.3 Å². The summed E-state index contributed by atoms with van der Waals surface area (Å²) in [5, 5.41) is 4.32. The fraction of sp³-hybridized carbons (Fsp3) is 0.286. The van der Waals surface area contributed by atoms with Gasteiger partial charge in [0.05, 0.1) is 0 Å². The Kier molecular flexibility index (Phi) is 4.28. The summed E-state index contributed by atoms with van der Waals surface area (Å²) in [5.41, 5.74) is 3.04. The number of aromatic nitrogens is 1. The maximum atomic E-state index is 12.6. The maximum Gasteiger partial charge on any atom is 0.251 e. The van der Waals surface area contributed by atoms with Crippen molar-refractivity contribution in [1.29, 1.82) is 0 Å². The molecule has 1 fully saturated rings. The highest BCUT2D eigenvalue weighted by atomic mass is 16.1. The third-order valence-corrected chi connectivity index (χ3v) is 5.20. The lowest BCUT2D eigenvalue weighted by Gasteiger charge is -2.24. The van der Waals surface area contributed by atoms with Gasteiger partial charge < -0.3 is 10.3 Å². The van der Waals surface area contributed by atoms with Crippen LogP contribution >= 0.6 is 0 Å². The number of carbonyl (C=O) groups excluding carboxylic acids is 1. The van der Waals surface area contributed by atoms with Crippen LogP contribution in [0.4, 0.5) is 0 Å². The fourth-order valence-corrected chi connectivity index (χ4v) is 3.66. The highest BCUT2D eigenvalue weighted by molar-refractivity contribution is 5.98. The predicted molar refractivity (Wildman–Crippen MR) is 101 cm³/mol. The zero-order chi connectivity index (χ0) is 17.2. The number of nitrogens with zero attached hydrogens (tertiary/aromatic N) is 1. The summed E-state index contributed by atoms with van der Waals surface area (Å²) in [6.07, 6.45) is 2.89. The summed E-state index contributed by atoms with van der Waals surface area (Å²) < 4.78 is 0. The van der Waals surface area contributed by atoms with Crippen LogP contribution in [0.15, 0.2) is 60.8 Å². The molecule has 2 atom stereocenters. The number of H-pyrrole nitrogens is 1. The van der Waals surface area contributed by atoms with Crippen LogP contribution in [0.3, 0.4) is 0 Å². The monoisotopic (exact) mass is 333 g/mol. The van der Waals surface area contributed by atoms with E-state index in [2.05, 4.69) is 46.4 Å². The van der Waals surface area contributed by atoms with E-state index < -0.39 is 0 Å². The molecule has 0 spiro atoms. The van der Waals surface area contributed by atoms with Gasteiger partial charge in [-0.15, -0.1) is 0 Å². The van der Waals surface area contributed by atoms with Gasteiger partial charge in [-0.3, -0.25) is 9.69 Å². The Morgan fingerprint density at radius 1 is 1.20 bits per heavy atom. The number of amides is 1. The van der Waals surface area contributed by atoms with Crippen molar-refractivity contribution in [3.05, 3.63) is 71.9 Å². The molecule has 2 N–H and O–H groups in total. The Balaban J connectivity index is 1.39. The molecular formula is C21H23N3O. The standard InChI is InChI=1S/C21H23N3O/c1-15(16-5-3-2-4-6-16)24-12-10-19(14-24)23-21(25)18-8-7-17-9-11-22-20(17)13-18/h2-9,11,13,15,19,22H,10,12,14H2,1H3,(H,23,25)/t15-,19+/m0/s1. The average molecular weight is 333 g/mol. The molecule has 0 bridgehead atoms. The number of hydrogen-bond acceptors (Lipinski definition) is 2. The normalized spacial score (nSPS) is 19.2. The third kappa shape index (κ3) is 3.30. The lowest BCUT2D eigenvalue weighted by atomic mass is 10.1. The first kappa shape index (κ1) is 15.9. The number of likely N-dealkylation sites (tertiary alicyclic amines) is 1. The Hall–Kier alpha value is -2.59. The van der Waals surface area contributed by atoms with Crippen molar-refractivity contribution in [1.82, 2.24) is 15.2 Å². The molecule has 4 nitrogen and oxygen atoms in total. The van der Waals surface area contributed by atoms with Crippen molar-refractivity contribution in [2.24, 2.45) is 0 Å². The number of nitrogens with one attached hydrogen (secondary N) is 2. The van der Waals surface area contributed by atoms with Crippen LogP contribution in [0.5, 0.6) is 0 Å². The molecule has 1 aliphatic heterocycles. The van der Waals surface area contributed by atoms with E-state index in [1.54, 1.807) is 0 Å². The van der Waals surface area contributed by atoms with Gasteiger partial charge in [-0.2, -0.15) is 0 Å². The second-order valence-electron chi connectivity index (χ2n) is 6.82. The maximum absolute atomic E-state index is 12.6. The molecule has 4 heteroatoms. The van der Waals surface area contributed by atoms with Crippen LogP contribution in [-0.2, 0) is 0 Å². The van der Waals surface area contributed by atoms with Crippen molar-refractivity contribution in [2.75, 3.05) is 13.1 Å². The van der Waals surface area contributed by atoms with Crippen LogP contribution in [0, 0.1) is 0 Å². The first-order valence-corrected chi connectivity index (χ1v) is 8.88. The first-order chi connectivity index (χ1) is 12.2. The summed E-state index contributed by atoms with van der Waals surface area (Å²) in [6.45, 7) is 4.14. The van der Waals surface area contributed by atoms with Gasteiger partial charge in [-0.05, 0) is 42.5 Å². The summed E-state index contributed by atoms with van der Waals surface area (Å²) in [6, 6.07) is 18.9. The molecule has 0 unspecified atom stereocenters. The number of aromatic amines is 1. The molecule has 1 saturated heterocycles. The molecule has 3 aromatic rings. The molecule has 0 saturated carbocycles. The second kappa shape index (κ2) is 6.73. The van der Waals surface area contributed by atoms with Crippen LogP contribution < -0.4 is 5.32 Å². The van der Waals surface area contributed by atoms with E-state index in [4.69, 9.17) is 0 Å². The number of fused-ring (bicyclic) bond motifs is 1. The van der Waals surface area contributed by atoms with E-state index in [1.807, 2.05) is 36.5 Å². The number of carbonyl (C=O) groups is 1.